The third-order valence-corrected chi connectivity index (χ3v) is 4.35. The Balaban J connectivity index is 1.59. The van der Waals surface area contributed by atoms with E-state index in [1.807, 2.05) is 46.8 Å². The first-order valence-electron chi connectivity index (χ1n) is 8.15. The Kier molecular flexibility index (Phi) is 5.02. The van der Waals surface area contributed by atoms with E-state index >= 15 is 0 Å². The summed E-state index contributed by atoms with van der Waals surface area (Å²) in [5.41, 5.74) is 1.04. The van der Waals surface area contributed by atoms with Crippen molar-refractivity contribution in [3.05, 3.63) is 42.5 Å². The Hall–Kier alpha value is -2.21. The fourth-order valence-corrected chi connectivity index (χ4v) is 3.02. The Labute approximate surface area is 136 Å². The molecule has 23 heavy (non-hydrogen) atoms. The van der Waals surface area contributed by atoms with E-state index in [0.717, 1.165) is 37.3 Å². The van der Waals surface area contributed by atoms with E-state index in [9.17, 15) is 4.79 Å². The van der Waals surface area contributed by atoms with Gasteiger partial charge in [0.1, 0.15) is 6.33 Å². The number of benzene rings is 1. The predicted molar refractivity (Wildman–Crippen MR) is 88.0 cm³/mol. The molecule has 0 spiro atoms. The van der Waals surface area contributed by atoms with Crippen LogP contribution in [0.1, 0.15) is 25.1 Å². The molecule has 1 atom stereocenters. The molecule has 1 N–H and O–H groups in total. The molecule has 2 heterocycles. The summed E-state index contributed by atoms with van der Waals surface area (Å²) < 4.78 is 1.97. The highest BCUT2D eigenvalue weighted by molar-refractivity contribution is 5.79. The number of aromatic nitrogens is 3. The molecule has 2 aromatic rings. The highest BCUT2D eigenvalue weighted by Gasteiger charge is 2.24. The third kappa shape index (κ3) is 3.76. The van der Waals surface area contributed by atoms with Gasteiger partial charge in [-0.15, -0.1) is 10.2 Å². The van der Waals surface area contributed by atoms with Gasteiger partial charge in [0, 0.05) is 25.8 Å². The minimum absolute atomic E-state index is 0.0654. The molecule has 0 saturated carbocycles. The molecule has 6 heteroatoms. The van der Waals surface area contributed by atoms with E-state index < -0.39 is 0 Å². The summed E-state index contributed by atoms with van der Waals surface area (Å²) in [4.78, 5) is 14.1. The number of nitrogens with zero attached hydrogens (tertiary/aromatic N) is 4. The van der Waals surface area contributed by atoms with Crippen LogP contribution < -0.4 is 5.32 Å². The molecule has 1 aliphatic rings. The van der Waals surface area contributed by atoms with Crippen LogP contribution in [0, 0.1) is 5.92 Å². The number of hydrogen-bond acceptors (Lipinski definition) is 4. The molecule has 1 aromatic heterocycles. The number of carbonyl (C=O) groups is 1. The molecule has 0 radical (unpaired) electrons. The van der Waals surface area contributed by atoms with Gasteiger partial charge in [0.05, 0.1) is 12.5 Å². The van der Waals surface area contributed by atoms with Crippen LogP contribution >= 0.6 is 0 Å². The molecule has 1 aliphatic heterocycles. The number of amides is 1. The standard InChI is InChI=1S/C17H23N5O/c1-21-10-6-5-7-14(17(21)23)11-18-12-16-20-19-13-22(16)15-8-3-2-4-9-15/h2-4,8-9,13-14,18H,5-7,10-12H2,1H3. The lowest BCUT2D eigenvalue weighted by Crippen LogP contribution is -2.36. The maximum absolute atomic E-state index is 12.3. The van der Waals surface area contributed by atoms with Crippen LogP contribution in [-0.4, -0.2) is 45.7 Å². The summed E-state index contributed by atoms with van der Waals surface area (Å²) in [6.07, 6.45) is 4.89. The van der Waals surface area contributed by atoms with Crippen molar-refractivity contribution in [3.8, 4) is 5.69 Å². The molecule has 0 aliphatic carbocycles. The van der Waals surface area contributed by atoms with Gasteiger partial charge >= 0.3 is 0 Å². The molecule has 1 saturated heterocycles. The first-order valence-corrected chi connectivity index (χ1v) is 8.15. The van der Waals surface area contributed by atoms with Crippen molar-refractivity contribution in [1.82, 2.24) is 25.0 Å². The number of para-hydroxylation sites is 1. The molecular weight excluding hydrogens is 290 g/mol. The summed E-state index contributed by atoms with van der Waals surface area (Å²) in [7, 11) is 1.90. The summed E-state index contributed by atoms with van der Waals surface area (Å²) in [6, 6.07) is 10.0. The van der Waals surface area contributed by atoms with E-state index in [4.69, 9.17) is 0 Å². The smallest absolute Gasteiger partial charge is 0.226 e. The second kappa shape index (κ2) is 7.37. The normalized spacial score (nSPS) is 18.9. The Morgan fingerprint density at radius 1 is 1.26 bits per heavy atom. The Morgan fingerprint density at radius 2 is 2.09 bits per heavy atom. The van der Waals surface area contributed by atoms with E-state index in [-0.39, 0.29) is 11.8 Å². The van der Waals surface area contributed by atoms with Crippen LogP contribution in [0.3, 0.4) is 0 Å². The lowest BCUT2D eigenvalue weighted by atomic mass is 10.0. The fourth-order valence-electron chi connectivity index (χ4n) is 3.02. The maximum atomic E-state index is 12.3. The van der Waals surface area contributed by atoms with Crippen molar-refractivity contribution in [3.63, 3.8) is 0 Å². The molecule has 1 unspecified atom stereocenters. The van der Waals surface area contributed by atoms with Gasteiger partial charge in [-0.2, -0.15) is 0 Å². The van der Waals surface area contributed by atoms with Crippen LogP contribution in [0.2, 0.25) is 0 Å². The van der Waals surface area contributed by atoms with Crippen LogP contribution in [-0.2, 0) is 11.3 Å². The molecule has 122 valence electrons. The summed E-state index contributed by atoms with van der Waals surface area (Å²) >= 11 is 0. The summed E-state index contributed by atoms with van der Waals surface area (Å²) in [5.74, 6) is 1.17. The van der Waals surface area contributed by atoms with Crippen molar-refractivity contribution in [2.24, 2.45) is 5.92 Å². The summed E-state index contributed by atoms with van der Waals surface area (Å²) in [5, 5.41) is 11.6. The van der Waals surface area contributed by atoms with Crippen molar-refractivity contribution in [1.29, 1.82) is 0 Å². The molecular formula is C17H23N5O. The first-order chi connectivity index (χ1) is 11.3. The topological polar surface area (TPSA) is 63.0 Å². The number of carbonyl (C=O) groups excluding carboxylic acids is 1. The van der Waals surface area contributed by atoms with Crippen molar-refractivity contribution < 1.29 is 4.79 Å². The van der Waals surface area contributed by atoms with Gasteiger partial charge in [0.2, 0.25) is 5.91 Å². The average molecular weight is 313 g/mol. The van der Waals surface area contributed by atoms with E-state index in [0.29, 0.717) is 13.1 Å². The monoisotopic (exact) mass is 313 g/mol. The third-order valence-electron chi connectivity index (χ3n) is 4.35. The maximum Gasteiger partial charge on any atom is 0.226 e. The molecule has 1 aromatic carbocycles. The van der Waals surface area contributed by atoms with Gasteiger partial charge in [-0.1, -0.05) is 24.6 Å². The second-order valence-electron chi connectivity index (χ2n) is 6.04. The lowest BCUT2D eigenvalue weighted by molar-refractivity contribution is -0.133. The lowest BCUT2D eigenvalue weighted by Gasteiger charge is -2.20. The zero-order chi connectivity index (χ0) is 16.1. The van der Waals surface area contributed by atoms with Gasteiger partial charge < -0.3 is 10.2 Å². The number of hydrogen-bond donors (Lipinski definition) is 1. The molecule has 6 nitrogen and oxygen atoms in total. The van der Waals surface area contributed by atoms with Gasteiger partial charge in [-0.25, -0.2) is 0 Å². The molecule has 1 fully saturated rings. The zero-order valence-corrected chi connectivity index (χ0v) is 13.5. The molecule has 1 amide bonds. The minimum atomic E-state index is 0.0654. The second-order valence-corrected chi connectivity index (χ2v) is 6.04. The van der Waals surface area contributed by atoms with Gasteiger partial charge in [-0.3, -0.25) is 9.36 Å². The Morgan fingerprint density at radius 3 is 2.91 bits per heavy atom. The summed E-state index contributed by atoms with van der Waals surface area (Å²) in [6.45, 7) is 2.16. The van der Waals surface area contributed by atoms with Crippen molar-refractivity contribution >= 4 is 5.91 Å². The minimum Gasteiger partial charge on any atom is -0.345 e. The quantitative estimate of drug-likeness (QED) is 0.911. The largest absolute Gasteiger partial charge is 0.345 e. The van der Waals surface area contributed by atoms with Crippen LogP contribution in [0.25, 0.3) is 5.69 Å². The van der Waals surface area contributed by atoms with Crippen LogP contribution in [0.5, 0.6) is 0 Å². The van der Waals surface area contributed by atoms with Crippen LogP contribution in [0.4, 0.5) is 0 Å². The number of nitrogens with one attached hydrogen (secondary N) is 1. The van der Waals surface area contributed by atoms with Gasteiger partial charge in [-0.05, 0) is 25.0 Å². The first kappa shape index (κ1) is 15.7. The SMILES string of the molecule is CN1CCCCC(CNCc2nncn2-c2ccccc2)C1=O. The Bertz CT molecular complexity index is 639. The molecule has 3 rings (SSSR count). The number of rotatable bonds is 5. The van der Waals surface area contributed by atoms with E-state index in [1.165, 1.54) is 0 Å². The highest BCUT2D eigenvalue weighted by atomic mass is 16.2. The average Bonchev–Trinajstić information content (AvgIpc) is 2.99. The predicted octanol–water partition coefficient (Wildman–Crippen LogP) is 1.62. The van der Waals surface area contributed by atoms with Crippen LogP contribution in [0.15, 0.2) is 36.7 Å². The van der Waals surface area contributed by atoms with Gasteiger partial charge in [0.15, 0.2) is 5.82 Å². The zero-order valence-electron chi connectivity index (χ0n) is 13.5. The number of likely N-dealkylation sites (tertiary alicyclic amines) is 1. The van der Waals surface area contributed by atoms with E-state index in [2.05, 4.69) is 15.5 Å². The van der Waals surface area contributed by atoms with Gasteiger partial charge in [0.25, 0.3) is 0 Å². The highest BCUT2D eigenvalue weighted by Crippen LogP contribution is 2.16. The fraction of sp³-hybridized carbons (Fsp3) is 0.471. The van der Waals surface area contributed by atoms with Crippen molar-refractivity contribution in [2.45, 2.75) is 25.8 Å². The van der Waals surface area contributed by atoms with Crippen molar-refractivity contribution in [2.75, 3.05) is 20.1 Å². The molecule has 0 bridgehead atoms. The van der Waals surface area contributed by atoms with E-state index in [1.54, 1.807) is 6.33 Å².